The van der Waals surface area contributed by atoms with Crippen LogP contribution in [-0.4, -0.2) is 0 Å². The Morgan fingerprint density at radius 1 is 0.963 bits per heavy atom. The van der Waals surface area contributed by atoms with Gasteiger partial charge in [-0.2, -0.15) is 0 Å². The Bertz CT molecular complexity index is 821. The second kappa shape index (κ2) is 10.1. The third kappa shape index (κ3) is 4.12. The van der Waals surface area contributed by atoms with Crippen LogP contribution in [0.3, 0.4) is 0 Å². The van der Waals surface area contributed by atoms with Gasteiger partial charge in [-0.25, -0.2) is 0 Å². The fraction of sp³-hybridized carbons (Fsp3) is 0.250. The molecule has 138 valence electrons. The van der Waals surface area contributed by atoms with Crippen LogP contribution in [0.15, 0.2) is 84.5 Å². The Kier molecular flexibility index (Phi) is 9.00. The van der Waals surface area contributed by atoms with Gasteiger partial charge < -0.3 is 24.8 Å². The molecular weight excluding hydrogens is 450 g/mol. The Morgan fingerprint density at radius 3 is 2.00 bits per heavy atom. The zero-order valence-corrected chi connectivity index (χ0v) is 19.7. The van der Waals surface area contributed by atoms with Gasteiger partial charge >= 0.3 is 26.2 Å². The molecule has 2 aromatic rings. The monoisotopic (exact) mass is 472 g/mol. The van der Waals surface area contributed by atoms with Gasteiger partial charge in [0.05, 0.1) is 0 Å². The molecule has 1 atom stereocenters. The first-order valence-electron chi connectivity index (χ1n) is 8.98. The quantitative estimate of drug-likeness (QED) is 0.572. The Labute approximate surface area is 194 Å². The molecule has 0 aromatic heterocycles. The summed E-state index contributed by atoms with van der Waals surface area (Å²) in [7, 11) is 0. The van der Waals surface area contributed by atoms with E-state index < -0.39 is 0 Å². The van der Waals surface area contributed by atoms with Crippen LogP contribution in [0.2, 0.25) is 0 Å². The van der Waals surface area contributed by atoms with Crippen molar-refractivity contribution in [2.45, 2.75) is 32.6 Å². The maximum atomic E-state index is 2.45. The maximum absolute atomic E-state index is 2.45. The molecule has 3 heteroatoms. The van der Waals surface area contributed by atoms with Crippen molar-refractivity contribution in [2.24, 2.45) is 5.41 Å². The van der Waals surface area contributed by atoms with E-state index in [4.69, 9.17) is 0 Å². The molecule has 0 fully saturated rings. The molecule has 0 saturated carbocycles. The van der Waals surface area contributed by atoms with Gasteiger partial charge in [0.25, 0.3) is 0 Å². The van der Waals surface area contributed by atoms with Crippen LogP contribution in [0.1, 0.15) is 43.7 Å². The topological polar surface area (TPSA) is 0 Å². The molecule has 2 aromatic carbocycles. The average Bonchev–Trinajstić information content (AvgIpc) is 3.26. The van der Waals surface area contributed by atoms with E-state index in [-0.39, 0.29) is 56.4 Å². The van der Waals surface area contributed by atoms with Crippen LogP contribution in [0, 0.1) is 5.41 Å². The van der Waals surface area contributed by atoms with Crippen molar-refractivity contribution in [1.29, 1.82) is 0 Å². The molecule has 4 rings (SSSR count). The van der Waals surface area contributed by atoms with Crippen molar-refractivity contribution in [2.75, 3.05) is 0 Å². The molecule has 2 aliphatic carbocycles. The fourth-order valence-corrected chi connectivity index (χ4v) is 4.40. The number of hydrogen-bond donors (Lipinski definition) is 0. The van der Waals surface area contributed by atoms with Gasteiger partial charge in [0, 0.05) is 11.3 Å². The largest absolute Gasteiger partial charge is 2.00 e. The summed E-state index contributed by atoms with van der Waals surface area (Å²) in [6, 6.07) is 17.9. The van der Waals surface area contributed by atoms with Gasteiger partial charge in [-0.3, -0.25) is 0 Å². The molecular formula is C24H24Cl2Zr. The minimum atomic E-state index is 0. The molecule has 0 saturated heterocycles. The average molecular weight is 475 g/mol. The molecule has 0 aliphatic heterocycles. The first kappa shape index (κ1) is 24.2. The van der Waals surface area contributed by atoms with Gasteiger partial charge in [0.2, 0.25) is 0 Å². The second-order valence-electron chi connectivity index (χ2n) is 7.03. The molecule has 0 nitrogen and oxygen atoms in total. The SMILES string of the molecule is CCC=CC(C)(C1=CC=CC1)C1c2ccccc2-c2ccccc21.[Cl-].[Cl-].[Zr+2]. The fourth-order valence-electron chi connectivity index (χ4n) is 4.40. The molecule has 0 amide bonds. The second-order valence-corrected chi connectivity index (χ2v) is 7.03. The molecule has 0 heterocycles. The smallest absolute Gasteiger partial charge is 1.00 e. The van der Waals surface area contributed by atoms with Crippen molar-refractivity contribution in [3.63, 3.8) is 0 Å². The van der Waals surface area contributed by atoms with E-state index in [1.807, 2.05) is 0 Å². The van der Waals surface area contributed by atoms with Gasteiger partial charge in [-0.1, -0.05) is 98.3 Å². The third-order valence-electron chi connectivity index (χ3n) is 5.60. The normalized spacial score (nSPS) is 16.4. The van der Waals surface area contributed by atoms with Gasteiger partial charge in [-0.05, 0) is 35.1 Å². The number of rotatable bonds is 4. The molecule has 1 unspecified atom stereocenters. The van der Waals surface area contributed by atoms with Gasteiger partial charge in [0.1, 0.15) is 0 Å². The van der Waals surface area contributed by atoms with Crippen LogP contribution in [0.25, 0.3) is 11.1 Å². The number of benzene rings is 2. The Balaban J connectivity index is 0.00000121. The molecule has 0 N–H and O–H groups in total. The van der Waals surface area contributed by atoms with Crippen molar-refractivity contribution >= 4 is 0 Å². The number of fused-ring (bicyclic) bond motifs is 3. The van der Waals surface area contributed by atoms with E-state index in [2.05, 4.69) is 92.8 Å². The van der Waals surface area contributed by atoms with E-state index >= 15 is 0 Å². The molecule has 0 spiro atoms. The summed E-state index contributed by atoms with van der Waals surface area (Å²) in [5, 5.41) is 0. The third-order valence-corrected chi connectivity index (χ3v) is 5.60. The van der Waals surface area contributed by atoms with Crippen molar-refractivity contribution in [3.05, 3.63) is 95.6 Å². The van der Waals surface area contributed by atoms with Crippen LogP contribution in [0.4, 0.5) is 0 Å². The molecule has 0 bridgehead atoms. The first-order chi connectivity index (χ1) is 11.8. The van der Waals surface area contributed by atoms with Gasteiger partial charge in [0.15, 0.2) is 0 Å². The van der Waals surface area contributed by atoms with Crippen LogP contribution in [-0.2, 0) is 26.2 Å². The summed E-state index contributed by atoms with van der Waals surface area (Å²) >= 11 is 0. The summed E-state index contributed by atoms with van der Waals surface area (Å²) in [6.07, 6.45) is 13.7. The minimum Gasteiger partial charge on any atom is -1.00 e. The number of allylic oxidation sites excluding steroid dienone is 6. The molecule has 27 heavy (non-hydrogen) atoms. The zero-order valence-electron chi connectivity index (χ0n) is 15.8. The Morgan fingerprint density at radius 2 is 1.52 bits per heavy atom. The summed E-state index contributed by atoms with van der Waals surface area (Å²) < 4.78 is 0. The van der Waals surface area contributed by atoms with Crippen molar-refractivity contribution in [1.82, 2.24) is 0 Å². The minimum absolute atomic E-state index is 0. The Hall–Kier alpha value is -0.877. The van der Waals surface area contributed by atoms with E-state index in [0.717, 1.165) is 12.8 Å². The standard InChI is InChI=1S/C24H24.2ClH.Zr/c1-3-4-17-24(2,18-11-5-6-12-18)23-21-15-9-7-13-19(21)20-14-8-10-16-22(20)23;;;/h4-11,13-17,23H,3,12H2,1-2H3;2*1H;/q;;;+2/p-2. The first-order valence-corrected chi connectivity index (χ1v) is 8.98. The van der Waals surface area contributed by atoms with Crippen molar-refractivity contribution < 1.29 is 51.0 Å². The molecule has 2 aliphatic rings. The summed E-state index contributed by atoms with van der Waals surface area (Å²) in [6.45, 7) is 4.64. The van der Waals surface area contributed by atoms with E-state index in [9.17, 15) is 0 Å². The predicted molar refractivity (Wildman–Crippen MR) is 103 cm³/mol. The number of halogens is 2. The van der Waals surface area contributed by atoms with Crippen molar-refractivity contribution in [3.8, 4) is 11.1 Å². The van der Waals surface area contributed by atoms with E-state index in [1.54, 1.807) is 0 Å². The number of hydrogen-bond acceptors (Lipinski definition) is 0. The zero-order chi connectivity index (χ0) is 16.6. The predicted octanol–water partition coefficient (Wildman–Crippen LogP) is 0.663. The summed E-state index contributed by atoms with van der Waals surface area (Å²) in [4.78, 5) is 0. The van der Waals surface area contributed by atoms with E-state index in [0.29, 0.717) is 5.92 Å². The van der Waals surface area contributed by atoms with Crippen LogP contribution >= 0.6 is 0 Å². The summed E-state index contributed by atoms with van der Waals surface area (Å²) in [5.41, 5.74) is 7.28. The molecule has 0 radical (unpaired) electrons. The summed E-state index contributed by atoms with van der Waals surface area (Å²) in [5.74, 6) is 0.388. The van der Waals surface area contributed by atoms with Crippen LogP contribution in [0.5, 0.6) is 0 Å². The van der Waals surface area contributed by atoms with Crippen LogP contribution < -0.4 is 24.8 Å². The maximum Gasteiger partial charge on any atom is 2.00 e. The van der Waals surface area contributed by atoms with E-state index in [1.165, 1.54) is 27.8 Å². The van der Waals surface area contributed by atoms with Gasteiger partial charge in [-0.15, -0.1) is 0 Å².